The molecule has 0 bridgehead atoms. The van der Waals surface area contributed by atoms with Crippen molar-refractivity contribution in [1.82, 2.24) is 14.8 Å². The number of nitrogens with zero attached hydrogens (tertiary/aromatic N) is 3. The molecule has 8 nitrogen and oxygen atoms in total. The molecule has 3 rings (SSSR count). The number of halogens is 2. The van der Waals surface area contributed by atoms with Gasteiger partial charge in [-0.15, -0.1) is 10.2 Å². The van der Waals surface area contributed by atoms with Crippen LogP contribution in [0.3, 0.4) is 0 Å². The number of phenols is 1. The normalized spacial score (nSPS) is 10.8. The minimum absolute atomic E-state index is 0.0642. The predicted octanol–water partition coefficient (Wildman–Crippen LogP) is 4.90. The Hall–Kier alpha value is -2.56. The predicted molar refractivity (Wildman–Crippen MR) is 127 cm³/mol. The van der Waals surface area contributed by atoms with Crippen LogP contribution in [0.2, 0.25) is 5.02 Å². The summed E-state index contributed by atoms with van der Waals surface area (Å²) in [7, 11) is 1.75. The standard InChI is InChI=1S/C21H20BrClN4O4S/c1-3-8-31-20(30)14-10-13(5-6-16(14)23)24-18(29)11-32-21-26-25-19(27(21)2)15-9-12(22)4-7-17(15)28/h4-7,9-10,28H,3,8,11H2,1-2H3,(H,24,29). The van der Waals surface area contributed by atoms with Gasteiger partial charge in [0.2, 0.25) is 5.91 Å². The van der Waals surface area contributed by atoms with Crippen molar-refractivity contribution in [2.75, 3.05) is 17.7 Å². The fourth-order valence-electron chi connectivity index (χ4n) is 2.72. The number of aromatic hydroxyl groups is 1. The van der Waals surface area contributed by atoms with Crippen LogP contribution in [-0.4, -0.2) is 44.1 Å². The van der Waals surface area contributed by atoms with E-state index in [-0.39, 0.29) is 28.0 Å². The Balaban J connectivity index is 1.65. The highest BCUT2D eigenvalue weighted by atomic mass is 79.9. The van der Waals surface area contributed by atoms with Crippen LogP contribution in [0.25, 0.3) is 11.4 Å². The molecule has 3 aromatic rings. The van der Waals surface area contributed by atoms with E-state index in [4.69, 9.17) is 16.3 Å². The number of benzene rings is 2. The zero-order valence-electron chi connectivity index (χ0n) is 17.3. The van der Waals surface area contributed by atoms with E-state index in [2.05, 4.69) is 31.4 Å². The molecule has 1 heterocycles. The van der Waals surface area contributed by atoms with E-state index < -0.39 is 5.97 Å². The van der Waals surface area contributed by atoms with E-state index in [1.54, 1.807) is 35.9 Å². The molecule has 1 amide bonds. The van der Waals surface area contributed by atoms with E-state index in [1.807, 2.05) is 6.92 Å². The number of anilines is 1. The Morgan fingerprint density at radius 1 is 1.25 bits per heavy atom. The quantitative estimate of drug-likeness (QED) is 0.310. The summed E-state index contributed by atoms with van der Waals surface area (Å²) in [4.78, 5) is 24.5. The Morgan fingerprint density at radius 3 is 2.78 bits per heavy atom. The monoisotopic (exact) mass is 538 g/mol. The summed E-state index contributed by atoms with van der Waals surface area (Å²) < 4.78 is 7.60. The van der Waals surface area contributed by atoms with Crippen molar-refractivity contribution in [3.63, 3.8) is 0 Å². The first-order chi connectivity index (χ1) is 15.3. The van der Waals surface area contributed by atoms with E-state index in [1.165, 1.54) is 23.9 Å². The molecule has 11 heteroatoms. The summed E-state index contributed by atoms with van der Waals surface area (Å²) in [5.41, 5.74) is 1.15. The molecule has 2 N–H and O–H groups in total. The molecule has 0 saturated carbocycles. The highest BCUT2D eigenvalue weighted by Gasteiger charge is 2.17. The zero-order valence-corrected chi connectivity index (χ0v) is 20.4. The summed E-state index contributed by atoms with van der Waals surface area (Å²) in [6, 6.07) is 9.65. The van der Waals surface area contributed by atoms with Gasteiger partial charge < -0.3 is 19.7 Å². The van der Waals surface area contributed by atoms with Crippen LogP contribution >= 0.6 is 39.3 Å². The number of nitrogens with one attached hydrogen (secondary N) is 1. The van der Waals surface area contributed by atoms with Crippen LogP contribution < -0.4 is 5.32 Å². The maximum atomic E-state index is 12.4. The highest BCUT2D eigenvalue weighted by molar-refractivity contribution is 9.10. The van der Waals surface area contributed by atoms with Gasteiger partial charge in [0.05, 0.1) is 28.5 Å². The van der Waals surface area contributed by atoms with Crippen molar-refractivity contribution in [1.29, 1.82) is 0 Å². The van der Waals surface area contributed by atoms with Gasteiger partial charge in [0.15, 0.2) is 11.0 Å². The first-order valence-corrected chi connectivity index (χ1v) is 11.7. The van der Waals surface area contributed by atoms with Crippen LogP contribution in [-0.2, 0) is 16.6 Å². The molecule has 0 unspecified atom stereocenters. The first-order valence-electron chi connectivity index (χ1n) is 9.57. The van der Waals surface area contributed by atoms with Gasteiger partial charge >= 0.3 is 5.97 Å². The third-order valence-electron chi connectivity index (χ3n) is 4.27. The minimum Gasteiger partial charge on any atom is -0.507 e. The van der Waals surface area contributed by atoms with Crippen molar-refractivity contribution >= 4 is 56.9 Å². The molecule has 0 spiro atoms. The number of hydrogen-bond acceptors (Lipinski definition) is 7. The van der Waals surface area contributed by atoms with E-state index in [9.17, 15) is 14.7 Å². The lowest BCUT2D eigenvalue weighted by molar-refractivity contribution is -0.113. The maximum absolute atomic E-state index is 12.4. The average molecular weight is 540 g/mol. The van der Waals surface area contributed by atoms with Crippen LogP contribution in [0.15, 0.2) is 46.0 Å². The number of hydrogen-bond donors (Lipinski definition) is 2. The number of ether oxygens (including phenoxy) is 1. The van der Waals surface area contributed by atoms with Gasteiger partial charge in [0, 0.05) is 17.2 Å². The van der Waals surface area contributed by atoms with E-state index in [0.717, 1.165) is 4.47 Å². The van der Waals surface area contributed by atoms with Crippen LogP contribution in [0.5, 0.6) is 5.75 Å². The number of carbonyl (C=O) groups is 2. The molecule has 1 aromatic heterocycles. The van der Waals surface area contributed by atoms with E-state index in [0.29, 0.717) is 35.3 Å². The Kier molecular flexibility index (Phi) is 8.16. The number of carbonyl (C=O) groups excluding carboxylic acids is 2. The number of esters is 1. The van der Waals surface area contributed by atoms with E-state index >= 15 is 0 Å². The van der Waals surface area contributed by atoms with Crippen molar-refractivity contribution < 1.29 is 19.4 Å². The second-order valence-corrected chi connectivity index (χ2v) is 8.96. The third-order valence-corrected chi connectivity index (χ3v) is 6.12. The topological polar surface area (TPSA) is 106 Å². The van der Waals surface area contributed by atoms with Gasteiger partial charge in [-0.3, -0.25) is 4.79 Å². The van der Waals surface area contributed by atoms with Crippen molar-refractivity contribution in [2.24, 2.45) is 7.05 Å². The summed E-state index contributed by atoms with van der Waals surface area (Å²) >= 11 is 10.6. The number of thioether (sulfide) groups is 1. The first kappa shape index (κ1) is 24.1. The van der Waals surface area contributed by atoms with Crippen molar-refractivity contribution in [3.05, 3.63) is 51.5 Å². The maximum Gasteiger partial charge on any atom is 0.339 e. The summed E-state index contributed by atoms with van der Waals surface area (Å²) in [6.07, 6.45) is 0.696. The van der Waals surface area contributed by atoms with Gasteiger partial charge in [-0.2, -0.15) is 0 Å². The fourth-order valence-corrected chi connectivity index (χ4v) is 3.99. The molecule has 0 saturated heterocycles. The molecular weight excluding hydrogens is 520 g/mol. The van der Waals surface area contributed by atoms with Gasteiger partial charge in [-0.05, 0) is 42.8 Å². The molecule has 0 radical (unpaired) electrons. The lowest BCUT2D eigenvalue weighted by atomic mass is 10.2. The van der Waals surface area contributed by atoms with Crippen LogP contribution in [0.4, 0.5) is 5.69 Å². The molecule has 0 aliphatic heterocycles. The molecule has 0 aliphatic carbocycles. The molecule has 0 aliphatic rings. The third kappa shape index (κ3) is 5.81. The largest absolute Gasteiger partial charge is 0.507 e. The number of amides is 1. The van der Waals surface area contributed by atoms with Gasteiger partial charge in [-0.1, -0.05) is 46.2 Å². The fraction of sp³-hybridized carbons (Fsp3) is 0.238. The summed E-state index contributed by atoms with van der Waals surface area (Å²) in [5, 5.41) is 21.9. The summed E-state index contributed by atoms with van der Waals surface area (Å²) in [5.74, 6) is -0.215. The smallest absolute Gasteiger partial charge is 0.339 e. The van der Waals surface area contributed by atoms with Crippen molar-refractivity contribution in [2.45, 2.75) is 18.5 Å². The minimum atomic E-state index is -0.537. The van der Waals surface area contributed by atoms with Crippen molar-refractivity contribution in [3.8, 4) is 17.1 Å². The molecule has 32 heavy (non-hydrogen) atoms. The van der Waals surface area contributed by atoms with Gasteiger partial charge in [-0.25, -0.2) is 4.79 Å². The Bertz CT molecular complexity index is 1150. The molecule has 0 atom stereocenters. The van der Waals surface area contributed by atoms with Crippen LogP contribution in [0, 0.1) is 0 Å². The Labute approximate surface area is 202 Å². The number of aromatic nitrogens is 3. The lowest BCUT2D eigenvalue weighted by Gasteiger charge is -2.09. The Morgan fingerprint density at radius 2 is 2.03 bits per heavy atom. The van der Waals surface area contributed by atoms with Gasteiger partial charge in [0.1, 0.15) is 5.75 Å². The molecule has 2 aromatic carbocycles. The lowest BCUT2D eigenvalue weighted by Crippen LogP contribution is -2.15. The second-order valence-electron chi connectivity index (χ2n) is 6.69. The zero-order chi connectivity index (χ0) is 23.3. The summed E-state index contributed by atoms with van der Waals surface area (Å²) in [6.45, 7) is 2.19. The highest BCUT2D eigenvalue weighted by Crippen LogP contribution is 2.32. The second kappa shape index (κ2) is 10.8. The SMILES string of the molecule is CCCOC(=O)c1cc(NC(=O)CSc2nnc(-c3cc(Br)ccc3O)n2C)ccc1Cl. The molecular formula is C21H20BrClN4O4S. The molecule has 0 fully saturated rings. The van der Waals surface area contributed by atoms with Crippen LogP contribution in [0.1, 0.15) is 23.7 Å². The average Bonchev–Trinajstić information content (AvgIpc) is 3.13. The molecule has 168 valence electrons. The number of phenolic OH excluding ortho intramolecular Hbond substituents is 1. The van der Waals surface area contributed by atoms with Gasteiger partial charge in [0.25, 0.3) is 0 Å². The number of rotatable bonds is 8.